The normalized spacial score (nSPS) is 11.6. The second-order valence-corrected chi connectivity index (χ2v) is 4.21. The van der Waals surface area contributed by atoms with Crippen molar-refractivity contribution in [3.63, 3.8) is 0 Å². The van der Waals surface area contributed by atoms with Gasteiger partial charge in [0.05, 0.1) is 5.69 Å². The van der Waals surface area contributed by atoms with Gasteiger partial charge in [0.1, 0.15) is 5.75 Å². The van der Waals surface area contributed by atoms with Crippen LogP contribution in [0.1, 0.15) is 6.92 Å². The minimum atomic E-state index is -0.922. The first-order valence-corrected chi connectivity index (χ1v) is 5.51. The number of hydrogen-bond acceptors (Lipinski definition) is 4. The van der Waals surface area contributed by atoms with Crippen LogP contribution < -0.4 is 21.5 Å². The molecule has 7 heteroatoms. The van der Waals surface area contributed by atoms with E-state index in [2.05, 4.69) is 15.9 Å². The van der Waals surface area contributed by atoms with E-state index in [9.17, 15) is 9.59 Å². The number of hydrogen-bond donors (Lipinski definition) is 3. The molecule has 0 saturated carbocycles. The molecular weight excluding hydrogens is 290 g/mol. The van der Waals surface area contributed by atoms with E-state index >= 15 is 0 Å². The lowest BCUT2D eigenvalue weighted by atomic mass is 10.3. The van der Waals surface area contributed by atoms with Gasteiger partial charge in [0, 0.05) is 4.47 Å². The first-order valence-electron chi connectivity index (χ1n) is 4.72. The molecule has 0 saturated heterocycles. The summed E-state index contributed by atoms with van der Waals surface area (Å²) >= 11 is 3.25. The summed E-state index contributed by atoms with van der Waals surface area (Å²) in [5.74, 6) is -0.264. The fraction of sp³-hybridized carbons (Fsp3) is 0.200. The van der Waals surface area contributed by atoms with Gasteiger partial charge >= 0.3 is 6.03 Å². The molecule has 6 nitrogen and oxygen atoms in total. The molecule has 0 aliphatic carbocycles. The Morgan fingerprint density at radius 1 is 1.47 bits per heavy atom. The molecule has 0 radical (unpaired) electrons. The fourth-order valence-electron chi connectivity index (χ4n) is 1.09. The molecule has 0 aromatic heterocycles. The SMILES string of the molecule is CC(Oc1ccc(Br)cc1N)C(=O)NC(N)=O. The van der Waals surface area contributed by atoms with Crippen molar-refractivity contribution >= 4 is 33.6 Å². The Morgan fingerprint density at radius 3 is 2.65 bits per heavy atom. The first-order chi connectivity index (χ1) is 7.90. The van der Waals surface area contributed by atoms with Gasteiger partial charge in [-0.1, -0.05) is 15.9 Å². The molecule has 1 unspecified atom stereocenters. The molecule has 92 valence electrons. The molecule has 17 heavy (non-hydrogen) atoms. The monoisotopic (exact) mass is 301 g/mol. The number of nitrogen functional groups attached to an aromatic ring is 1. The number of primary amides is 1. The Labute approximate surface area is 106 Å². The van der Waals surface area contributed by atoms with E-state index in [1.807, 2.05) is 5.32 Å². The molecule has 0 aliphatic heterocycles. The largest absolute Gasteiger partial charge is 0.479 e. The number of urea groups is 1. The summed E-state index contributed by atoms with van der Waals surface area (Å²) in [7, 11) is 0. The van der Waals surface area contributed by atoms with Crippen LogP contribution in [0.2, 0.25) is 0 Å². The molecule has 0 bridgehead atoms. The average Bonchev–Trinajstić information content (AvgIpc) is 2.21. The van der Waals surface area contributed by atoms with E-state index in [0.29, 0.717) is 11.4 Å². The lowest BCUT2D eigenvalue weighted by Gasteiger charge is -2.14. The predicted molar refractivity (Wildman–Crippen MR) is 66.4 cm³/mol. The zero-order valence-electron chi connectivity index (χ0n) is 9.07. The highest BCUT2D eigenvalue weighted by molar-refractivity contribution is 9.10. The Kier molecular flexibility index (Phi) is 4.33. The lowest BCUT2D eigenvalue weighted by molar-refractivity contribution is -0.126. The van der Waals surface area contributed by atoms with Gasteiger partial charge in [0.15, 0.2) is 6.10 Å². The summed E-state index contributed by atoms with van der Waals surface area (Å²) in [6.07, 6.45) is -0.869. The van der Waals surface area contributed by atoms with Gasteiger partial charge in [0.2, 0.25) is 0 Å². The van der Waals surface area contributed by atoms with Gasteiger partial charge in [-0.2, -0.15) is 0 Å². The zero-order valence-corrected chi connectivity index (χ0v) is 10.7. The number of halogens is 1. The maximum Gasteiger partial charge on any atom is 0.318 e. The third-order valence-corrected chi connectivity index (χ3v) is 2.38. The molecule has 0 heterocycles. The molecule has 1 rings (SSSR count). The molecule has 3 amide bonds. The smallest absolute Gasteiger partial charge is 0.318 e. The van der Waals surface area contributed by atoms with Gasteiger partial charge in [-0.05, 0) is 25.1 Å². The molecule has 5 N–H and O–H groups in total. The Hall–Kier alpha value is -1.76. The van der Waals surface area contributed by atoms with Crippen molar-refractivity contribution in [3.8, 4) is 5.75 Å². The number of rotatable bonds is 3. The van der Waals surface area contributed by atoms with Gasteiger partial charge in [0.25, 0.3) is 5.91 Å². The summed E-state index contributed by atoms with van der Waals surface area (Å²) in [4.78, 5) is 21.8. The highest BCUT2D eigenvalue weighted by Crippen LogP contribution is 2.26. The van der Waals surface area contributed by atoms with E-state index in [-0.39, 0.29) is 0 Å². The van der Waals surface area contributed by atoms with Crippen LogP contribution in [-0.4, -0.2) is 18.0 Å². The van der Waals surface area contributed by atoms with E-state index in [1.165, 1.54) is 6.92 Å². The molecule has 1 aromatic carbocycles. The third kappa shape index (κ3) is 3.95. The third-order valence-electron chi connectivity index (χ3n) is 1.89. The maximum absolute atomic E-state index is 11.3. The number of anilines is 1. The van der Waals surface area contributed by atoms with Crippen LogP contribution in [0.3, 0.4) is 0 Å². The molecule has 1 atom stereocenters. The van der Waals surface area contributed by atoms with Crippen molar-refractivity contribution in [3.05, 3.63) is 22.7 Å². The second kappa shape index (κ2) is 5.53. The molecule has 1 aromatic rings. The number of carbonyl (C=O) groups excluding carboxylic acids is 2. The van der Waals surface area contributed by atoms with Crippen LogP contribution in [-0.2, 0) is 4.79 Å². The summed E-state index contributed by atoms with van der Waals surface area (Å²) in [5.41, 5.74) is 10.9. The number of benzene rings is 1. The van der Waals surface area contributed by atoms with Crippen molar-refractivity contribution in [2.75, 3.05) is 5.73 Å². The number of carbonyl (C=O) groups is 2. The molecule has 0 spiro atoms. The van der Waals surface area contributed by atoms with Crippen molar-refractivity contribution < 1.29 is 14.3 Å². The lowest BCUT2D eigenvalue weighted by Crippen LogP contribution is -2.42. The molecular formula is C10H12BrN3O3. The van der Waals surface area contributed by atoms with Gasteiger partial charge in [-0.15, -0.1) is 0 Å². The first kappa shape index (κ1) is 13.3. The van der Waals surface area contributed by atoms with Crippen molar-refractivity contribution in [1.82, 2.24) is 5.32 Å². The number of ether oxygens (including phenoxy) is 1. The standard InChI is InChI=1S/C10H12BrN3O3/c1-5(9(15)14-10(13)16)17-8-3-2-6(11)4-7(8)12/h2-5H,12H2,1H3,(H3,13,14,15,16). The van der Waals surface area contributed by atoms with Crippen molar-refractivity contribution in [1.29, 1.82) is 0 Å². The van der Waals surface area contributed by atoms with Crippen LogP contribution >= 0.6 is 15.9 Å². The molecule has 0 fully saturated rings. The number of nitrogens with two attached hydrogens (primary N) is 2. The maximum atomic E-state index is 11.3. The molecule has 0 aliphatic rings. The van der Waals surface area contributed by atoms with Gasteiger partial charge in [-0.25, -0.2) is 4.79 Å². The van der Waals surface area contributed by atoms with Gasteiger partial charge < -0.3 is 16.2 Å². The van der Waals surface area contributed by atoms with Crippen molar-refractivity contribution in [2.45, 2.75) is 13.0 Å². The van der Waals surface area contributed by atoms with E-state index < -0.39 is 18.0 Å². The highest BCUT2D eigenvalue weighted by Gasteiger charge is 2.17. The van der Waals surface area contributed by atoms with Gasteiger partial charge in [-0.3, -0.25) is 10.1 Å². The predicted octanol–water partition coefficient (Wildman–Crippen LogP) is 0.994. The van der Waals surface area contributed by atoms with E-state index in [4.69, 9.17) is 16.2 Å². The summed E-state index contributed by atoms with van der Waals surface area (Å²) in [6, 6.07) is 4.07. The van der Waals surface area contributed by atoms with Crippen LogP contribution in [0.4, 0.5) is 10.5 Å². The number of nitrogens with one attached hydrogen (secondary N) is 1. The van der Waals surface area contributed by atoms with Crippen LogP contribution in [0, 0.1) is 0 Å². The Balaban J connectivity index is 2.70. The summed E-state index contributed by atoms with van der Waals surface area (Å²) in [5, 5.41) is 1.92. The number of amides is 3. The average molecular weight is 302 g/mol. The van der Waals surface area contributed by atoms with E-state index in [1.54, 1.807) is 18.2 Å². The second-order valence-electron chi connectivity index (χ2n) is 3.30. The van der Waals surface area contributed by atoms with Crippen LogP contribution in [0.5, 0.6) is 5.75 Å². The number of imide groups is 1. The Morgan fingerprint density at radius 2 is 2.12 bits per heavy atom. The summed E-state index contributed by atoms with van der Waals surface area (Å²) < 4.78 is 6.10. The van der Waals surface area contributed by atoms with E-state index in [0.717, 1.165) is 4.47 Å². The van der Waals surface area contributed by atoms with Crippen LogP contribution in [0.15, 0.2) is 22.7 Å². The Bertz CT molecular complexity index is 450. The summed E-state index contributed by atoms with van der Waals surface area (Å²) in [6.45, 7) is 1.49. The fourth-order valence-corrected chi connectivity index (χ4v) is 1.47. The van der Waals surface area contributed by atoms with Crippen molar-refractivity contribution in [2.24, 2.45) is 5.73 Å². The minimum absolute atomic E-state index is 0.361. The highest BCUT2D eigenvalue weighted by atomic mass is 79.9. The minimum Gasteiger partial charge on any atom is -0.479 e. The zero-order chi connectivity index (χ0) is 13.0. The quantitative estimate of drug-likeness (QED) is 0.724. The topological polar surface area (TPSA) is 107 Å². The van der Waals surface area contributed by atoms with Crippen LogP contribution in [0.25, 0.3) is 0 Å².